The van der Waals surface area contributed by atoms with Crippen LogP contribution in [0.5, 0.6) is 0 Å². The lowest BCUT2D eigenvalue weighted by molar-refractivity contribution is -0.137. The van der Waals surface area contributed by atoms with Gasteiger partial charge in [0.1, 0.15) is 0 Å². The lowest BCUT2D eigenvalue weighted by Crippen LogP contribution is -2.31. The van der Waals surface area contributed by atoms with Crippen molar-refractivity contribution in [2.24, 2.45) is 0 Å². The average molecular weight is 447 g/mol. The second-order valence-electron chi connectivity index (χ2n) is 6.23. The number of sulfone groups is 1. The van der Waals surface area contributed by atoms with E-state index in [1.54, 1.807) is 0 Å². The molecule has 0 saturated carbocycles. The SMILES string of the molecule is CCS(=O)(=O)c1ccc(Cl)cc1Cn1c(=O)[nH]c(=O)c2cc(C(F)(F)F)ccc21. The first-order chi connectivity index (χ1) is 13.4. The molecule has 0 fully saturated rings. The molecule has 3 aromatic rings. The Morgan fingerprint density at radius 2 is 1.79 bits per heavy atom. The van der Waals surface area contributed by atoms with Gasteiger partial charge in [-0.15, -0.1) is 0 Å². The first-order valence-corrected chi connectivity index (χ1v) is 10.3. The van der Waals surface area contributed by atoms with E-state index in [1.807, 2.05) is 4.98 Å². The highest BCUT2D eigenvalue weighted by Crippen LogP contribution is 2.30. The van der Waals surface area contributed by atoms with E-state index in [0.717, 1.165) is 16.7 Å². The van der Waals surface area contributed by atoms with Gasteiger partial charge in [-0.1, -0.05) is 18.5 Å². The van der Waals surface area contributed by atoms with Gasteiger partial charge in [-0.05, 0) is 42.0 Å². The van der Waals surface area contributed by atoms with Crippen LogP contribution in [0.2, 0.25) is 5.02 Å². The van der Waals surface area contributed by atoms with Crippen LogP contribution in [0.25, 0.3) is 10.9 Å². The molecular formula is C18H14ClF3N2O4S. The van der Waals surface area contributed by atoms with Crippen LogP contribution in [-0.4, -0.2) is 23.7 Å². The zero-order chi connectivity index (χ0) is 21.6. The fourth-order valence-corrected chi connectivity index (χ4v) is 4.23. The van der Waals surface area contributed by atoms with Crippen LogP contribution in [-0.2, 0) is 22.6 Å². The molecule has 0 amide bonds. The summed E-state index contributed by atoms with van der Waals surface area (Å²) in [5.41, 5.74) is -2.79. The standard InChI is InChI=1S/C18H14ClF3N2O4S/c1-2-29(27,28)15-6-4-12(19)7-10(15)9-24-14-5-3-11(18(20,21)22)8-13(14)16(25)23-17(24)26/h3-8H,2,9H2,1H3,(H,23,25,26). The number of nitrogens with one attached hydrogen (secondary N) is 1. The van der Waals surface area contributed by atoms with Crippen LogP contribution >= 0.6 is 11.6 Å². The Hall–Kier alpha value is -2.59. The van der Waals surface area contributed by atoms with Crippen molar-refractivity contribution in [2.45, 2.75) is 24.5 Å². The maximum Gasteiger partial charge on any atom is 0.416 e. The molecule has 154 valence electrons. The molecule has 0 bridgehead atoms. The lowest BCUT2D eigenvalue weighted by atomic mass is 10.1. The van der Waals surface area contributed by atoms with E-state index < -0.39 is 32.8 Å². The molecule has 29 heavy (non-hydrogen) atoms. The van der Waals surface area contributed by atoms with Crippen molar-refractivity contribution in [1.82, 2.24) is 9.55 Å². The summed E-state index contributed by atoms with van der Waals surface area (Å²) in [5.74, 6) is -0.197. The minimum Gasteiger partial charge on any atom is -0.289 e. The molecule has 1 heterocycles. The third-order valence-corrected chi connectivity index (χ3v) is 6.45. The van der Waals surface area contributed by atoms with E-state index in [-0.39, 0.29) is 38.7 Å². The van der Waals surface area contributed by atoms with E-state index in [1.165, 1.54) is 25.1 Å². The molecule has 1 aromatic heterocycles. The number of halogens is 4. The van der Waals surface area contributed by atoms with Crippen LogP contribution in [0.15, 0.2) is 50.9 Å². The third-order valence-electron chi connectivity index (χ3n) is 4.39. The van der Waals surface area contributed by atoms with Crippen molar-refractivity contribution in [3.05, 3.63) is 73.4 Å². The Balaban J connectivity index is 2.26. The molecule has 0 aliphatic heterocycles. The van der Waals surface area contributed by atoms with Crippen LogP contribution in [0.3, 0.4) is 0 Å². The minimum absolute atomic E-state index is 0.0532. The van der Waals surface area contributed by atoms with Crippen LogP contribution < -0.4 is 11.2 Å². The molecule has 0 atom stereocenters. The van der Waals surface area contributed by atoms with E-state index in [2.05, 4.69) is 0 Å². The van der Waals surface area contributed by atoms with Gasteiger partial charge in [-0.2, -0.15) is 13.2 Å². The average Bonchev–Trinajstić information content (AvgIpc) is 2.64. The fourth-order valence-electron chi connectivity index (χ4n) is 2.93. The summed E-state index contributed by atoms with van der Waals surface area (Å²) in [4.78, 5) is 26.3. The van der Waals surface area contributed by atoms with Gasteiger partial charge in [0.2, 0.25) is 0 Å². The van der Waals surface area contributed by atoms with Crippen LogP contribution in [0.1, 0.15) is 18.1 Å². The largest absolute Gasteiger partial charge is 0.416 e. The number of aromatic nitrogens is 2. The second kappa shape index (κ2) is 7.34. The molecular weight excluding hydrogens is 433 g/mol. The maximum atomic E-state index is 13.0. The van der Waals surface area contributed by atoms with Crippen LogP contribution in [0, 0.1) is 0 Å². The Kier molecular flexibility index (Phi) is 5.35. The van der Waals surface area contributed by atoms with Gasteiger partial charge in [0, 0.05) is 5.02 Å². The van der Waals surface area contributed by atoms with Crippen LogP contribution in [0.4, 0.5) is 13.2 Å². The van der Waals surface area contributed by atoms with E-state index in [4.69, 9.17) is 11.6 Å². The van der Waals surface area contributed by atoms with E-state index >= 15 is 0 Å². The number of hydrogen-bond acceptors (Lipinski definition) is 4. The molecule has 2 aromatic carbocycles. The second-order valence-corrected chi connectivity index (χ2v) is 8.91. The zero-order valence-corrected chi connectivity index (χ0v) is 16.5. The number of fused-ring (bicyclic) bond motifs is 1. The number of aromatic amines is 1. The van der Waals surface area contributed by atoms with Gasteiger partial charge in [0.15, 0.2) is 9.84 Å². The molecule has 0 spiro atoms. The van der Waals surface area contributed by atoms with E-state index in [9.17, 15) is 31.2 Å². The molecule has 0 unspecified atom stereocenters. The van der Waals surface area contributed by atoms with Crippen molar-refractivity contribution in [3.63, 3.8) is 0 Å². The number of benzene rings is 2. The topological polar surface area (TPSA) is 89.0 Å². The first kappa shape index (κ1) is 21.1. The summed E-state index contributed by atoms with van der Waals surface area (Å²) in [6.45, 7) is 1.14. The zero-order valence-electron chi connectivity index (χ0n) is 14.9. The number of hydrogen-bond donors (Lipinski definition) is 1. The van der Waals surface area contributed by atoms with Gasteiger partial charge in [0.25, 0.3) is 5.56 Å². The third kappa shape index (κ3) is 4.08. The Labute approximate surface area is 167 Å². The summed E-state index contributed by atoms with van der Waals surface area (Å²) >= 11 is 5.97. The summed E-state index contributed by atoms with van der Waals surface area (Å²) in [6, 6.07) is 6.45. The van der Waals surface area contributed by atoms with Crippen molar-refractivity contribution in [3.8, 4) is 0 Å². The fraction of sp³-hybridized carbons (Fsp3) is 0.222. The highest BCUT2D eigenvalue weighted by molar-refractivity contribution is 7.91. The first-order valence-electron chi connectivity index (χ1n) is 8.29. The minimum atomic E-state index is -4.67. The van der Waals surface area contributed by atoms with Gasteiger partial charge in [-0.25, -0.2) is 13.2 Å². The lowest BCUT2D eigenvalue weighted by Gasteiger charge is -2.14. The van der Waals surface area contributed by atoms with Crippen molar-refractivity contribution >= 4 is 32.3 Å². The Bertz CT molecular complexity index is 1330. The Morgan fingerprint density at radius 3 is 2.41 bits per heavy atom. The van der Waals surface area contributed by atoms with Gasteiger partial charge < -0.3 is 0 Å². The van der Waals surface area contributed by atoms with Crippen molar-refractivity contribution in [1.29, 1.82) is 0 Å². The smallest absolute Gasteiger partial charge is 0.289 e. The molecule has 6 nitrogen and oxygen atoms in total. The summed E-state index contributed by atoms with van der Waals surface area (Å²) < 4.78 is 64.7. The van der Waals surface area contributed by atoms with Gasteiger partial charge in [-0.3, -0.25) is 14.3 Å². The molecule has 11 heteroatoms. The maximum absolute atomic E-state index is 13.0. The molecule has 0 aliphatic carbocycles. The quantitative estimate of drug-likeness (QED) is 0.666. The number of nitrogens with zero attached hydrogens (tertiary/aromatic N) is 1. The van der Waals surface area contributed by atoms with Gasteiger partial charge >= 0.3 is 11.9 Å². The monoisotopic (exact) mass is 446 g/mol. The molecule has 3 rings (SSSR count). The summed E-state index contributed by atoms with van der Waals surface area (Å²) in [5, 5.41) is -0.127. The highest BCUT2D eigenvalue weighted by atomic mass is 35.5. The number of H-pyrrole nitrogens is 1. The Morgan fingerprint density at radius 1 is 1.10 bits per heavy atom. The van der Waals surface area contributed by atoms with Crippen molar-refractivity contribution in [2.75, 3.05) is 5.75 Å². The summed E-state index contributed by atoms with van der Waals surface area (Å²) in [6.07, 6.45) is -4.67. The van der Waals surface area contributed by atoms with Crippen molar-refractivity contribution < 1.29 is 21.6 Å². The predicted octanol–water partition coefficient (Wildman–Crippen LogP) is 3.20. The molecule has 0 radical (unpaired) electrons. The highest BCUT2D eigenvalue weighted by Gasteiger charge is 2.31. The molecule has 0 saturated heterocycles. The van der Waals surface area contributed by atoms with Gasteiger partial charge in [0.05, 0.1) is 33.7 Å². The predicted molar refractivity (Wildman–Crippen MR) is 102 cm³/mol. The molecule has 1 N–H and O–H groups in total. The molecule has 0 aliphatic rings. The number of alkyl halides is 3. The number of rotatable bonds is 4. The van der Waals surface area contributed by atoms with E-state index in [0.29, 0.717) is 6.07 Å². The summed E-state index contributed by atoms with van der Waals surface area (Å²) in [7, 11) is -3.66. The normalized spacial score (nSPS) is 12.4.